The van der Waals surface area contributed by atoms with Crippen molar-refractivity contribution in [3.05, 3.63) is 89.5 Å². The average molecular weight is 378 g/mol. The molecule has 1 aromatic heterocycles. The second-order valence-corrected chi connectivity index (χ2v) is 8.02. The lowest BCUT2D eigenvalue weighted by Gasteiger charge is -2.29. The molecular weight excluding hydrogens is 352 g/mol. The number of carboxylic acid groups (broad SMARTS) is 1. The van der Waals surface area contributed by atoms with Crippen LogP contribution in [0.3, 0.4) is 0 Å². The number of benzene rings is 2. The molecule has 28 heavy (non-hydrogen) atoms. The molecule has 2 aromatic carbocycles. The number of rotatable bonds is 7. The van der Waals surface area contributed by atoms with Crippen molar-refractivity contribution in [2.75, 3.05) is 0 Å². The Balaban J connectivity index is 1.72. The summed E-state index contributed by atoms with van der Waals surface area (Å²) >= 11 is 0. The van der Waals surface area contributed by atoms with Gasteiger partial charge in [0.25, 0.3) is 0 Å². The van der Waals surface area contributed by atoms with Gasteiger partial charge >= 0.3 is 5.97 Å². The minimum Gasteiger partial charge on any atom is -0.478 e. The largest absolute Gasteiger partial charge is 0.478 e. The normalized spacial score (nSPS) is 12.7. The van der Waals surface area contributed by atoms with Gasteiger partial charge in [-0.25, -0.2) is 9.78 Å². The van der Waals surface area contributed by atoms with Crippen LogP contribution in [0.25, 0.3) is 0 Å². The van der Waals surface area contributed by atoms with Crippen LogP contribution in [0, 0.1) is 5.41 Å². The van der Waals surface area contributed by atoms with Crippen molar-refractivity contribution >= 4 is 5.97 Å². The molecule has 0 bridgehead atoms. The molecule has 0 saturated carbocycles. The number of aromatic carboxylic acids is 1. The van der Waals surface area contributed by atoms with E-state index >= 15 is 0 Å². The summed E-state index contributed by atoms with van der Waals surface area (Å²) in [7, 11) is 0. The second-order valence-electron chi connectivity index (χ2n) is 8.02. The summed E-state index contributed by atoms with van der Waals surface area (Å²) < 4.78 is 8.24. The van der Waals surface area contributed by atoms with Gasteiger partial charge in [0.15, 0.2) is 0 Å². The zero-order valence-electron chi connectivity index (χ0n) is 16.5. The highest BCUT2D eigenvalue weighted by atomic mass is 16.5. The number of hydrogen-bond acceptors (Lipinski definition) is 3. The smallest absolute Gasteiger partial charge is 0.335 e. The molecule has 5 nitrogen and oxygen atoms in total. The fourth-order valence-corrected chi connectivity index (χ4v) is 3.10. The summed E-state index contributed by atoms with van der Waals surface area (Å²) in [5, 5.41) is 9.01. The van der Waals surface area contributed by atoms with E-state index in [1.165, 1.54) is 0 Å². The average Bonchev–Trinajstić information content (AvgIpc) is 3.10. The van der Waals surface area contributed by atoms with E-state index in [2.05, 4.69) is 37.9 Å². The van der Waals surface area contributed by atoms with Crippen LogP contribution in [0.5, 0.6) is 0 Å². The van der Waals surface area contributed by atoms with Crippen LogP contribution in [0.1, 0.15) is 54.1 Å². The van der Waals surface area contributed by atoms with E-state index in [0.717, 1.165) is 16.8 Å². The molecule has 0 fully saturated rings. The molecule has 0 aliphatic heterocycles. The van der Waals surface area contributed by atoms with E-state index < -0.39 is 5.97 Å². The Labute approximate surface area is 165 Å². The SMILES string of the molecule is CC(C)(C)C(OCc1ccccc1)c1cn(Cc2ccc(C(=O)O)cc2)cn1. The summed E-state index contributed by atoms with van der Waals surface area (Å²) in [6.07, 6.45) is 3.67. The topological polar surface area (TPSA) is 64.3 Å². The van der Waals surface area contributed by atoms with Crippen molar-refractivity contribution in [2.24, 2.45) is 5.41 Å². The summed E-state index contributed by atoms with van der Waals surface area (Å²) in [5.74, 6) is -0.917. The number of carbonyl (C=O) groups is 1. The summed E-state index contributed by atoms with van der Waals surface area (Å²) in [5.41, 5.74) is 3.24. The lowest BCUT2D eigenvalue weighted by Crippen LogP contribution is -2.21. The van der Waals surface area contributed by atoms with E-state index in [4.69, 9.17) is 9.84 Å². The van der Waals surface area contributed by atoms with Gasteiger partial charge in [0.2, 0.25) is 0 Å². The quantitative estimate of drug-likeness (QED) is 0.633. The molecule has 0 aliphatic carbocycles. The molecule has 3 aromatic rings. The first kappa shape index (κ1) is 19.8. The van der Waals surface area contributed by atoms with E-state index in [9.17, 15) is 4.79 Å². The first-order chi connectivity index (χ1) is 13.3. The molecular formula is C23H26N2O3. The van der Waals surface area contributed by atoms with E-state index in [0.29, 0.717) is 13.2 Å². The molecule has 1 unspecified atom stereocenters. The molecule has 1 atom stereocenters. The lowest BCUT2D eigenvalue weighted by atomic mass is 9.87. The van der Waals surface area contributed by atoms with Crippen molar-refractivity contribution < 1.29 is 14.6 Å². The predicted molar refractivity (Wildman–Crippen MR) is 108 cm³/mol. The monoisotopic (exact) mass is 378 g/mol. The van der Waals surface area contributed by atoms with Crippen molar-refractivity contribution in [3.63, 3.8) is 0 Å². The lowest BCUT2D eigenvalue weighted by molar-refractivity contribution is -0.0329. The number of aromatic nitrogens is 2. The number of imidazole rings is 1. The first-order valence-corrected chi connectivity index (χ1v) is 9.32. The molecule has 1 N–H and O–H groups in total. The molecule has 0 radical (unpaired) electrons. The minimum atomic E-state index is -0.917. The fourth-order valence-electron chi connectivity index (χ4n) is 3.10. The summed E-state index contributed by atoms with van der Waals surface area (Å²) in [6.45, 7) is 7.60. The van der Waals surface area contributed by atoms with Crippen LogP contribution in [0.2, 0.25) is 0 Å². The minimum absolute atomic E-state index is 0.100. The van der Waals surface area contributed by atoms with E-state index in [1.54, 1.807) is 18.5 Å². The summed E-state index contributed by atoms with van der Waals surface area (Å²) in [4.78, 5) is 15.6. The fraction of sp³-hybridized carbons (Fsp3) is 0.304. The Morgan fingerprint density at radius 3 is 2.36 bits per heavy atom. The molecule has 0 amide bonds. The molecule has 3 rings (SSSR count). The highest BCUT2D eigenvalue weighted by Gasteiger charge is 2.29. The number of hydrogen-bond donors (Lipinski definition) is 1. The Morgan fingerprint density at radius 2 is 1.75 bits per heavy atom. The van der Waals surface area contributed by atoms with Gasteiger partial charge in [-0.1, -0.05) is 63.2 Å². The van der Waals surface area contributed by atoms with Crippen molar-refractivity contribution in [1.29, 1.82) is 0 Å². The van der Waals surface area contributed by atoms with Gasteiger partial charge in [-0.05, 0) is 28.7 Å². The molecule has 5 heteroatoms. The van der Waals surface area contributed by atoms with Crippen LogP contribution >= 0.6 is 0 Å². The standard InChI is InChI=1S/C23H26N2O3/c1-23(2,3)21(28-15-18-7-5-4-6-8-18)20-14-25(16-24-20)13-17-9-11-19(12-10-17)22(26)27/h4-12,14,16,21H,13,15H2,1-3H3,(H,26,27). The van der Waals surface area contributed by atoms with E-state index in [1.807, 2.05) is 41.1 Å². The van der Waals surface area contributed by atoms with Gasteiger partial charge < -0.3 is 14.4 Å². The Kier molecular flexibility index (Phi) is 5.95. The first-order valence-electron chi connectivity index (χ1n) is 9.32. The molecule has 0 saturated heterocycles. The van der Waals surface area contributed by atoms with Crippen LogP contribution in [-0.2, 0) is 17.9 Å². The maximum absolute atomic E-state index is 11.0. The molecule has 1 heterocycles. The third kappa shape index (κ3) is 5.08. The van der Waals surface area contributed by atoms with E-state index in [-0.39, 0.29) is 17.1 Å². The van der Waals surface area contributed by atoms with Gasteiger partial charge in [0.1, 0.15) is 6.10 Å². The molecule has 146 valence electrons. The zero-order chi connectivity index (χ0) is 20.1. The molecule has 0 aliphatic rings. The maximum atomic E-state index is 11.0. The van der Waals surface area contributed by atoms with Gasteiger partial charge in [0.05, 0.1) is 24.2 Å². The Morgan fingerprint density at radius 1 is 1.07 bits per heavy atom. The van der Waals surface area contributed by atoms with Crippen LogP contribution < -0.4 is 0 Å². The van der Waals surface area contributed by atoms with Crippen molar-refractivity contribution in [2.45, 2.75) is 40.0 Å². The summed E-state index contributed by atoms with van der Waals surface area (Å²) in [6, 6.07) is 17.0. The van der Waals surface area contributed by atoms with Crippen LogP contribution in [-0.4, -0.2) is 20.6 Å². The van der Waals surface area contributed by atoms with Gasteiger partial charge in [-0.2, -0.15) is 0 Å². The molecule has 0 spiro atoms. The number of nitrogens with zero attached hydrogens (tertiary/aromatic N) is 2. The third-order valence-corrected chi connectivity index (χ3v) is 4.53. The number of carboxylic acids is 1. The van der Waals surface area contributed by atoms with Crippen LogP contribution in [0.4, 0.5) is 0 Å². The highest BCUT2D eigenvalue weighted by Crippen LogP contribution is 2.36. The second kappa shape index (κ2) is 8.40. The van der Waals surface area contributed by atoms with Gasteiger partial charge in [0, 0.05) is 12.7 Å². The highest BCUT2D eigenvalue weighted by molar-refractivity contribution is 5.87. The van der Waals surface area contributed by atoms with Crippen LogP contribution in [0.15, 0.2) is 67.1 Å². The number of ether oxygens (including phenoxy) is 1. The van der Waals surface area contributed by atoms with Gasteiger partial charge in [-0.15, -0.1) is 0 Å². The maximum Gasteiger partial charge on any atom is 0.335 e. The Bertz CT molecular complexity index is 909. The predicted octanol–water partition coefficient (Wildman–Crippen LogP) is 4.93. The van der Waals surface area contributed by atoms with Crippen molar-refractivity contribution in [3.8, 4) is 0 Å². The Hall–Kier alpha value is -2.92. The van der Waals surface area contributed by atoms with Gasteiger partial charge in [-0.3, -0.25) is 0 Å². The van der Waals surface area contributed by atoms with Crippen molar-refractivity contribution in [1.82, 2.24) is 9.55 Å². The zero-order valence-corrected chi connectivity index (χ0v) is 16.5. The third-order valence-electron chi connectivity index (χ3n) is 4.53.